The number of hydrogen-bond acceptors (Lipinski definition) is 2. The molecule has 4 N–H and O–H groups in total. The first-order chi connectivity index (χ1) is 6.91. The molecule has 0 rings (SSSR count). The molecule has 0 aliphatic rings. The highest BCUT2D eigenvalue weighted by Crippen LogP contribution is 2.21. The fourth-order valence-electron chi connectivity index (χ4n) is 1.34. The molecule has 1 unspecified atom stereocenters. The van der Waals surface area contributed by atoms with Crippen LogP contribution in [0.2, 0.25) is 0 Å². The predicted octanol–water partition coefficient (Wildman–Crippen LogP) is 1.46. The van der Waals surface area contributed by atoms with Crippen LogP contribution in [0, 0.1) is 5.41 Å². The molecule has 0 saturated heterocycles. The smallest absolute Gasteiger partial charge is 0.315 e. The Labute approximate surface area is 93.0 Å². The summed E-state index contributed by atoms with van der Waals surface area (Å²) in [5.74, 6) is 0. The Morgan fingerprint density at radius 3 is 2.40 bits per heavy atom. The second kappa shape index (κ2) is 6.67. The van der Waals surface area contributed by atoms with Crippen LogP contribution in [-0.2, 0) is 0 Å². The van der Waals surface area contributed by atoms with Gasteiger partial charge in [0, 0.05) is 12.6 Å². The first kappa shape index (κ1) is 14.2. The van der Waals surface area contributed by atoms with E-state index in [0.717, 1.165) is 12.8 Å². The molecule has 0 aromatic carbocycles. The van der Waals surface area contributed by atoms with Crippen molar-refractivity contribution in [1.29, 1.82) is 0 Å². The van der Waals surface area contributed by atoms with E-state index in [1.165, 1.54) is 0 Å². The number of nitrogens with one attached hydrogen (secondary N) is 2. The summed E-state index contributed by atoms with van der Waals surface area (Å²) < 4.78 is 0. The van der Waals surface area contributed by atoms with Crippen molar-refractivity contribution >= 4 is 6.03 Å². The number of hydrogen-bond donors (Lipinski definition) is 3. The minimum atomic E-state index is -0.0924. The zero-order valence-electron chi connectivity index (χ0n) is 10.4. The third-order valence-corrected chi connectivity index (χ3v) is 2.34. The summed E-state index contributed by atoms with van der Waals surface area (Å²) in [6, 6.07) is 0.0320. The number of amides is 2. The third kappa shape index (κ3) is 6.33. The van der Waals surface area contributed by atoms with Gasteiger partial charge in [-0.25, -0.2) is 4.79 Å². The van der Waals surface area contributed by atoms with Crippen molar-refractivity contribution in [3.8, 4) is 0 Å². The van der Waals surface area contributed by atoms with Gasteiger partial charge in [-0.05, 0) is 24.8 Å². The molecule has 0 radical (unpaired) electrons. The number of urea groups is 1. The molecule has 15 heavy (non-hydrogen) atoms. The molecule has 0 aromatic heterocycles. The summed E-state index contributed by atoms with van der Waals surface area (Å²) in [6.45, 7) is 9.65. The summed E-state index contributed by atoms with van der Waals surface area (Å²) in [5, 5.41) is 5.77. The van der Waals surface area contributed by atoms with E-state index in [1.807, 2.05) is 6.92 Å². The third-order valence-electron chi connectivity index (χ3n) is 2.34. The van der Waals surface area contributed by atoms with Gasteiger partial charge in [0.05, 0.1) is 0 Å². The lowest BCUT2D eigenvalue weighted by molar-refractivity contribution is 0.214. The molecule has 90 valence electrons. The molecule has 0 saturated carbocycles. The molecule has 2 amide bonds. The number of rotatable bonds is 5. The standard InChI is InChI=1S/C11H25N3O/c1-5-8-13-10(15)14-9(6-7-12)11(2,3)4/h9H,5-8,12H2,1-4H3,(H2,13,14,15). The topological polar surface area (TPSA) is 67.2 Å². The fourth-order valence-corrected chi connectivity index (χ4v) is 1.34. The highest BCUT2D eigenvalue weighted by Gasteiger charge is 2.25. The van der Waals surface area contributed by atoms with Crippen molar-refractivity contribution in [2.75, 3.05) is 13.1 Å². The van der Waals surface area contributed by atoms with E-state index in [0.29, 0.717) is 13.1 Å². The SMILES string of the molecule is CCCNC(=O)NC(CCN)C(C)(C)C. The Morgan fingerprint density at radius 2 is 2.00 bits per heavy atom. The van der Waals surface area contributed by atoms with Crippen molar-refractivity contribution in [3.63, 3.8) is 0 Å². The van der Waals surface area contributed by atoms with E-state index in [4.69, 9.17) is 5.73 Å². The van der Waals surface area contributed by atoms with Gasteiger partial charge in [-0.3, -0.25) is 0 Å². The molecule has 0 aromatic rings. The lowest BCUT2D eigenvalue weighted by Gasteiger charge is -2.31. The average Bonchev–Trinajstić information content (AvgIpc) is 2.12. The van der Waals surface area contributed by atoms with E-state index in [-0.39, 0.29) is 17.5 Å². The summed E-state index contributed by atoms with van der Waals surface area (Å²) in [4.78, 5) is 11.5. The number of carbonyl (C=O) groups excluding carboxylic acids is 1. The van der Waals surface area contributed by atoms with Gasteiger partial charge in [-0.1, -0.05) is 27.7 Å². The number of carbonyl (C=O) groups is 1. The normalized spacial score (nSPS) is 13.4. The first-order valence-corrected chi connectivity index (χ1v) is 5.66. The van der Waals surface area contributed by atoms with Gasteiger partial charge in [-0.2, -0.15) is 0 Å². The molecule has 0 aliphatic carbocycles. The zero-order valence-corrected chi connectivity index (χ0v) is 10.4. The largest absolute Gasteiger partial charge is 0.338 e. The number of nitrogens with two attached hydrogens (primary N) is 1. The molecule has 4 heteroatoms. The maximum Gasteiger partial charge on any atom is 0.315 e. The molecule has 4 nitrogen and oxygen atoms in total. The van der Waals surface area contributed by atoms with E-state index in [2.05, 4.69) is 31.4 Å². The van der Waals surface area contributed by atoms with E-state index < -0.39 is 0 Å². The van der Waals surface area contributed by atoms with Crippen LogP contribution >= 0.6 is 0 Å². The maximum atomic E-state index is 11.5. The summed E-state index contributed by atoms with van der Waals surface area (Å²) in [5.41, 5.74) is 5.57. The quantitative estimate of drug-likeness (QED) is 0.650. The van der Waals surface area contributed by atoms with Gasteiger partial charge in [0.1, 0.15) is 0 Å². The van der Waals surface area contributed by atoms with Gasteiger partial charge >= 0.3 is 6.03 Å². The van der Waals surface area contributed by atoms with Crippen molar-refractivity contribution in [1.82, 2.24) is 10.6 Å². The highest BCUT2D eigenvalue weighted by atomic mass is 16.2. The van der Waals surface area contributed by atoms with Crippen LogP contribution in [0.3, 0.4) is 0 Å². The average molecular weight is 215 g/mol. The van der Waals surface area contributed by atoms with Crippen LogP contribution in [0.15, 0.2) is 0 Å². The van der Waals surface area contributed by atoms with E-state index in [1.54, 1.807) is 0 Å². The Balaban J connectivity index is 4.11. The van der Waals surface area contributed by atoms with Crippen LogP contribution in [0.5, 0.6) is 0 Å². The minimum absolute atomic E-state index is 0.0446. The molecule has 0 spiro atoms. The monoisotopic (exact) mass is 215 g/mol. The van der Waals surface area contributed by atoms with E-state index >= 15 is 0 Å². The second-order valence-electron chi connectivity index (χ2n) is 4.90. The molecule has 0 heterocycles. The van der Waals surface area contributed by atoms with Gasteiger partial charge in [0.25, 0.3) is 0 Å². The lowest BCUT2D eigenvalue weighted by atomic mass is 9.85. The van der Waals surface area contributed by atoms with Crippen molar-refractivity contribution in [3.05, 3.63) is 0 Å². The minimum Gasteiger partial charge on any atom is -0.338 e. The summed E-state index contributed by atoms with van der Waals surface area (Å²) in [7, 11) is 0. The highest BCUT2D eigenvalue weighted by molar-refractivity contribution is 5.74. The summed E-state index contributed by atoms with van der Waals surface area (Å²) in [6.07, 6.45) is 1.76. The molecular weight excluding hydrogens is 190 g/mol. The first-order valence-electron chi connectivity index (χ1n) is 5.66. The van der Waals surface area contributed by atoms with Crippen LogP contribution in [0.25, 0.3) is 0 Å². The molecule has 0 aliphatic heterocycles. The molecule has 1 atom stereocenters. The van der Waals surface area contributed by atoms with Crippen LogP contribution in [0.1, 0.15) is 40.5 Å². The second-order valence-corrected chi connectivity index (χ2v) is 4.90. The lowest BCUT2D eigenvalue weighted by Crippen LogP contribution is -2.48. The maximum absolute atomic E-state index is 11.5. The Kier molecular flexibility index (Phi) is 6.32. The van der Waals surface area contributed by atoms with E-state index in [9.17, 15) is 4.79 Å². The molecular formula is C11H25N3O. The fraction of sp³-hybridized carbons (Fsp3) is 0.909. The molecule has 0 bridgehead atoms. The Hall–Kier alpha value is -0.770. The van der Waals surface area contributed by atoms with Gasteiger partial charge in [0.2, 0.25) is 0 Å². The molecule has 0 fully saturated rings. The zero-order chi connectivity index (χ0) is 11.9. The summed E-state index contributed by atoms with van der Waals surface area (Å²) >= 11 is 0. The van der Waals surface area contributed by atoms with Crippen LogP contribution < -0.4 is 16.4 Å². The van der Waals surface area contributed by atoms with Crippen molar-refractivity contribution in [2.24, 2.45) is 11.1 Å². The van der Waals surface area contributed by atoms with Crippen LogP contribution in [0.4, 0.5) is 4.79 Å². The predicted molar refractivity (Wildman–Crippen MR) is 63.7 cm³/mol. The van der Waals surface area contributed by atoms with Gasteiger partial charge in [0.15, 0.2) is 0 Å². The van der Waals surface area contributed by atoms with Crippen molar-refractivity contribution in [2.45, 2.75) is 46.6 Å². The van der Waals surface area contributed by atoms with Crippen LogP contribution in [-0.4, -0.2) is 25.2 Å². The van der Waals surface area contributed by atoms with Gasteiger partial charge < -0.3 is 16.4 Å². The van der Waals surface area contributed by atoms with Gasteiger partial charge in [-0.15, -0.1) is 0 Å². The Bertz CT molecular complexity index is 187. The van der Waals surface area contributed by atoms with Crippen molar-refractivity contribution < 1.29 is 4.79 Å². The Morgan fingerprint density at radius 1 is 1.40 bits per heavy atom.